The number of aliphatic hydroxyl groups is 3. The van der Waals surface area contributed by atoms with E-state index in [1.807, 2.05) is 57.8 Å². The molecule has 13 aromatic carbocycles. The number of rotatable bonds is 26. The number of nitrogens with zero attached hydrogens (tertiary/aromatic N) is 1. The summed E-state index contributed by atoms with van der Waals surface area (Å²) in [5, 5.41) is 33.5. The van der Waals surface area contributed by atoms with Crippen LogP contribution in [0.1, 0.15) is 194 Å². The van der Waals surface area contributed by atoms with E-state index in [0.717, 1.165) is 6.42 Å². The summed E-state index contributed by atoms with van der Waals surface area (Å²) in [7, 11) is -7.60. The number of carbonyl (C=O) groups excluding carboxylic acids is 6. The largest absolute Gasteiger partial charge is 1.00 e. The molecule has 0 radical (unpaired) electrons. The Hall–Kier alpha value is -10.5. The third kappa shape index (κ3) is 32.3. The molecule has 0 atom stereocenters. The zero-order valence-corrected chi connectivity index (χ0v) is 93.0. The normalized spacial score (nSPS) is 14.2. The van der Waals surface area contributed by atoms with Gasteiger partial charge in [0.2, 0.25) is 5.24 Å². The molecule has 6 aliphatic carbocycles. The molecule has 0 aliphatic heterocycles. The molecular weight excluding hydrogens is 2090 g/mol. The van der Waals surface area contributed by atoms with Gasteiger partial charge >= 0.3 is 114 Å². The molecule has 6 aliphatic rings. The Kier molecular flexibility index (Phi) is 53.1. The second-order valence-corrected chi connectivity index (χ2v) is 42.1. The van der Waals surface area contributed by atoms with Gasteiger partial charge in [0.05, 0.1) is 41.1 Å². The second-order valence-electron chi connectivity index (χ2n) is 34.4. The summed E-state index contributed by atoms with van der Waals surface area (Å²) in [5.74, 6) is -1.23. The number of carbonyl (C=O) groups is 6. The van der Waals surface area contributed by atoms with Crippen molar-refractivity contribution in [3.05, 3.63) is 392 Å². The van der Waals surface area contributed by atoms with E-state index >= 15 is 0 Å². The zero-order valence-electron chi connectivity index (χ0n) is 82.5. The summed E-state index contributed by atoms with van der Waals surface area (Å²) in [5.41, 5.74) is 12.1. The van der Waals surface area contributed by atoms with Crippen molar-refractivity contribution in [2.24, 2.45) is 0 Å². The molecule has 19 rings (SSSR count). The molecule has 27 heteroatoms. The van der Waals surface area contributed by atoms with Gasteiger partial charge in [-0.05, 0) is 240 Å². The Morgan fingerprint density at radius 1 is 0.421 bits per heavy atom. The van der Waals surface area contributed by atoms with Crippen molar-refractivity contribution in [1.29, 1.82) is 0 Å². The summed E-state index contributed by atoms with van der Waals surface area (Å²) in [6.07, 6.45) is 3.14. The van der Waals surface area contributed by atoms with Crippen LogP contribution in [0.5, 0.6) is 5.75 Å². The maximum Gasteiger partial charge on any atom is 1.00 e. The number of aryl methyl sites for hydroxylation is 1. The molecule has 3 N–H and O–H groups in total. The van der Waals surface area contributed by atoms with Gasteiger partial charge in [-0.1, -0.05) is 343 Å². The van der Waals surface area contributed by atoms with E-state index < -0.39 is 46.3 Å². The molecule has 4 bridgehead atoms. The van der Waals surface area contributed by atoms with E-state index in [9.17, 15) is 50.4 Å². The third-order valence-electron chi connectivity index (χ3n) is 24.1. The Morgan fingerprint density at radius 3 is 1.00 bits per heavy atom. The predicted octanol–water partition coefficient (Wildman–Crippen LogP) is 19.8. The average Bonchev–Trinajstić information content (AvgIpc) is 0.682. The molecule has 13 aromatic rings. The summed E-state index contributed by atoms with van der Waals surface area (Å²) in [6.45, 7) is 34.9. The van der Waals surface area contributed by atoms with E-state index in [1.54, 1.807) is 32.9 Å². The van der Waals surface area contributed by atoms with Crippen LogP contribution in [0.2, 0.25) is 19.6 Å². The van der Waals surface area contributed by atoms with Gasteiger partial charge in [0.1, 0.15) is 25.6 Å². The maximum absolute atomic E-state index is 12.7. The van der Waals surface area contributed by atoms with Gasteiger partial charge in [-0.2, -0.15) is 21.6 Å². The molecule has 768 valence electrons. The zero-order chi connectivity index (χ0) is 102. The number of allylic oxidation sites excluding steroid dienone is 1. The number of fused-ring (bicyclic) bond motifs is 4. The molecule has 145 heavy (non-hydrogen) atoms. The number of hydrogen-bond donors (Lipinski definition) is 3. The molecule has 0 saturated carbocycles. The Morgan fingerprint density at radius 2 is 0.703 bits per heavy atom. The van der Waals surface area contributed by atoms with Crippen molar-refractivity contribution in [3.63, 3.8) is 0 Å². The average molecular weight is 2220 g/mol. The van der Waals surface area contributed by atoms with E-state index in [0.29, 0.717) is 60.8 Å². The summed E-state index contributed by atoms with van der Waals surface area (Å²) < 4.78 is 89.2. The summed E-state index contributed by atoms with van der Waals surface area (Å²) in [4.78, 5) is 70.8. The molecule has 18 nitrogen and oxygen atoms in total. The van der Waals surface area contributed by atoms with Crippen molar-refractivity contribution in [2.75, 3.05) is 72.5 Å². The van der Waals surface area contributed by atoms with Crippen LogP contribution in [0, 0.1) is 0 Å². The summed E-state index contributed by atoms with van der Waals surface area (Å²) >= 11 is 8.56. The first-order valence-corrected chi connectivity index (χ1v) is 52.7. The first kappa shape index (κ1) is 127. The van der Waals surface area contributed by atoms with Gasteiger partial charge in [-0.15, -0.1) is 0 Å². The van der Waals surface area contributed by atoms with E-state index in [-0.39, 0.29) is 183 Å². The monoisotopic (exact) mass is 2220 g/mol. The summed E-state index contributed by atoms with van der Waals surface area (Å²) in [6, 6.07) is 96.0. The number of benzene rings is 13. The van der Waals surface area contributed by atoms with Crippen LogP contribution in [0.15, 0.2) is 320 Å². The first-order valence-electron chi connectivity index (χ1n) is 46.6. The van der Waals surface area contributed by atoms with Crippen molar-refractivity contribution in [2.45, 2.75) is 164 Å². The van der Waals surface area contributed by atoms with Crippen LogP contribution in [0.3, 0.4) is 0 Å². The van der Waals surface area contributed by atoms with Gasteiger partial charge in [0.15, 0.2) is 0 Å². The van der Waals surface area contributed by atoms with Crippen molar-refractivity contribution < 1.29 is 167 Å². The molecule has 0 aromatic heterocycles. The minimum Gasteiger partial charge on any atom is -1.00 e. The fourth-order valence-electron chi connectivity index (χ4n) is 17.9. The maximum atomic E-state index is 12.7. The van der Waals surface area contributed by atoms with Crippen LogP contribution < -0.4 is 83.0 Å². The fraction of sp³-hybridized carbons (Fsp3) is 0.305. The Bertz CT molecular complexity index is 6290. The standard InChI is InChI=1S/C29H26O4.C25H22O2.C19H18O2.C14H9Br.C10H13F3O3SSi.C6H15N.C6H10O3.C4H5ClO.C2H6O2.3CH4.Cs.FH/c1-19(2)28(31)33-18-17-32-26(30)15-16-29-23-12-6-3-9-20(23)27(21-10-4-7-13-24(21)29)22-11-5-8-14-25(22)29;1-2-27-23(26)15-16-25-20-12-6-3-9-17(20)24(18-10-4-7-13-21(18)25)19-11-5-8-14-22(19)25;1-2-21-19(20)12-11-18-16-9-5-3-7-14(16)13-15-8-4-6-10-17(15)18;15-14-12-7-3-1-5-10(12)9-11-6-2-4-8-13(11)14;1-18(2,3)9-7-5-4-6-8(9)16-17(14,15)10(11,12)13;1-4-7(5-2)6-3;1-5(2)6(8)9-4-3-7;1-3(2)4(5)6;3-1-2-4;;;;;/h3-14,27H,1,15-18H2,2H3;3-14,24H,2,15-16H2,1H3;3-10,13H,2,11-12H2,1H3;1-9H;4-7H,1-3H3;4-6H2,1-3H3;7H,1,3-4H2,2H3;1H2,2H3;3-4H,1-2H2;3*1H4;;1H/q;;;;;;;;;;;;+1;/p-1. The number of ether oxygens (including phenoxy) is 5. The number of alkyl halides is 3. The van der Waals surface area contributed by atoms with Gasteiger partial charge in [-0.3, -0.25) is 19.2 Å². The van der Waals surface area contributed by atoms with E-state index in [4.69, 9.17) is 45.9 Å². The number of para-hydroxylation sites is 1. The van der Waals surface area contributed by atoms with Gasteiger partial charge in [0.25, 0.3) is 0 Å². The second kappa shape index (κ2) is 60.7. The smallest absolute Gasteiger partial charge is 1.00 e. The molecule has 0 fully saturated rings. The minimum absolute atomic E-state index is 0. The molecule has 0 spiro atoms. The topological polar surface area (TPSA) is 256 Å². The minimum atomic E-state index is -5.61. The van der Waals surface area contributed by atoms with Gasteiger partial charge in [0, 0.05) is 63.1 Å². The van der Waals surface area contributed by atoms with Crippen molar-refractivity contribution >= 4 is 129 Å². The molecule has 0 unspecified atom stereocenters. The number of esters is 5. The van der Waals surface area contributed by atoms with Crippen LogP contribution >= 0.6 is 27.5 Å². The first-order chi connectivity index (χ1) is 67.0. The Balaban J connectivity index is 0.000000358. The molecular formula is C118H136BrClCsF4NO17SSi. The Labute approximate surface area is 926 Å². The van der Waals surface area contributed by atoms with Crippen LogP contribution in [0.4, 0.5) is 13.2 Å². The fourth-order valence-corrected chi connectivity index (χ4v) is 20.6. The number of aliphatic hydroxyl groups excluding tert-OH is 3. The van der Waals surface area contributed by atoms with Gasteiger partial charge < -0.3 is 52.8 Å². The SMILES string of the molecule is Brc1c2ccccc2cc2ccccc12.C.C.C.C=C(C)C(=O)Cl.C=C(C)C(=O)OCCO.C=C(C)C(=O)OCCOC(=O)CCC12c3ccccc3C(c3ccccc31)c1ccccc12.CCN(CC)CC.CCOC(=O)CCC12c3ccccc3C(c3ccccc31)c1ccccc12.CCOC(=O)CCc1c2ccccc2cc2ccccc12.C[Si](C)(C)c1ccccc1OS(=O)(=O)C(F)(F)F.OCCO.[Cs+].[F-]. The number of hydrogen-bond acceptors (Lipinski definition) is 18. The predicted molar refractivity (Wildman–Crippen MR) is 579 cm³/mol. The van der Waals surface area contributed by atoms with Crippen LogP contribution in [-0.2, 0) is 79.8 Å². The van der Waals surface area contributed by atoms with E-state index in [1.165, 1.54) is 152 Å². The quantitative estimate of drug-likeness (QED) is 0.00435. The molecule has 0 amide bonds. The third-order valence-corrected chi connectivity index (χ3v) is 28.3. The van der Waals surface area contributed by atoms with Gasteiger partial charge in [-0.25, -0.2) is 9.59 Å². The van der Waals surface area contributed by atoms with Crippen molar-refractivity contribution in [1.82, 2.24) is 4.90 Å². The molecule has 0 heterocycles. The number of halogens is 6. The molecule has 0 saturated heterocycles. The van der Waals surface area contributed by atoms with Crippen LogP contribution in [-0.4, -0.2) is 150 Å². The van der Waals surface area contributed by atoms with E-state index in [2.05, 4.69) is 301 Å². The van der Waals surface area contributed by atoms with Crippen LogP contribution in [0.25, 0.3) is 43.1 Å². The van der Waals surface area contributed by atoms with Crippen molar-refractivity contribution in [3.8, 4) is 5.75 Å².